The second-order valence-electron chi connectivity index (χ2n) is 5.25. The van der Waals surface area contributed by atoms with Gasteiger partial charge in [0, 0.05) is 25.3 Å². The molecule has 0 fully saturated rings. The number of hydrogen-bond donors (Lipinski definition) is 1. The van der Waals surface area contributed by atoms with E-state index in [1.165, 1.54) is 11.8 Å². The molecule has 1 amide bonds. The zero-order valence-electron chi connectivity index (χ0n) is 13.7. The molecule has 1 aromatic carbocycles. The lowest BCUT2D eigenvalue weighted by Gasteiger charge is -2.15. The Morgan fingerprint density at radius 1 is 1.46 bits per heavy atom. The van der Waals surface area contributed by atoms with Crippen LogP contribution in [0.25, 0.3) is 0 Å². The van der Waals surface area contributed by atoms with E-state index in [1.807, 2.05) is 35.8 Å². The van der Waals surface area contributed by atoms with Gasteiger partial charge in [0.1, 0.15) is 6.33 Å². The summed E-state index contributed by atoms with van der Waals surface area (Å²) < 4.78 is 6.96. The molecule has 1 N–H and O–H groups in total. The van der Waals surface area contributed by atoms with Crippen LogP contribution < -0.4 is 5.32 Å². The van der Waals surface area contributed by atoms with E-state index < -0.39 is 0 Å². The lowest BCUT2D eigenvalue weighted by molar-refractivity contribution is -0.119. The first-order chi connectivity index (χ1) is 11.6. The molecule has 0 spiro atoms. The highest BCUT2D eigenvalue weighted by molar-refractivity contribution is 7.99. The number of methoxy groups -OCH3 is 1. The zero-order chi connectivity index (χ0) is 17.4. The van der Waals surface area contributed by atoms with Gasteiger partial charge in [0.2, 0.25) is 5.91 Å². The molecule has 1 unspecified atom stereocenters. The molecule has 0 radical (unpaired) electrons. The fourth-order valence-corrected chi connectivity index (χ4v) is 3.26. The van der Waals surface area contributed by atoms with Crippen LogP contribution in [0.4, 0.5) is 0 Å². The molecule has 0 aliphatic carbocycles. The molecule has 0 bridgehead atoms. The summed E-state index contributed by atoms with van der Waals surface area (Å²) in [4.78, 5) is 12.2. The number of rotatable bonds is 9. The summed E-state index contributed by atoms with van der Waals surface area (Å²) in [7, 11) is 1.67. The summed E-state index contributed by atoms with van der Waals surface area (Å²) in [5.41, 5.74) is 0.903. The smallest absolute Gasteiger partial charge is 0.230 e. The van der Waals surface area contributed by atoms with Gasteiger partial charge in [0.15, 0.2) is 5.16 Å². The first kappa shape index (κ1) is 18.8. The van der Waals surface area contributed by atoms with Crippen LogP contribution in [0.1, 0.15) is 24.9 Å². The Balaban J connectivity index is 1.83. The molecule has 24 heavy (non-hydrogen) atoms. The fraction of sp³-hybridized carbons (Fsp3) is 0.438. The van der Waals surface area contributed by atoms with Crippen molar-refractivity contribution < 1.29 is 9.53 Å². The van der Waals surface area contributed by atoms with Crippen molar-refractivity contribution in [3.05, 3.63) is 41.2 Å². The SMILES string of the molecule is COCCCn1cnnc1SCC(=O)NC(C)c1ccccc1Cl. The van der Waals surface area contributed by atoms with Crippen molar-refractivity contribution in [1.29, 1.82) is 0 Å². The number of thioether (sulfide) groups is 1. The molecule has 1 heterocycles. The topological polar surface area (TPSA) is 69.0 Å². The molecule has 0 saturated carbocycles. The molecule has 2 rings (SSSR count). The number of amides is 1. The molecule has 6 nitrogen and oxygen atoms in total. The van der Waals surface area contributed by atoms with Gasteiger partial charge in [-0.15, -0.1) is 10.2 Å². The molecular weight excluding hydrogens is 348 g/mol. The number of nitrogens with one attached hydrogen (secondary N) is 1. The van der Waals surface area contributed by atoms with E-state index >= 15 is 0 Å². The normalized spacial score (nSPS) is 12.1. The average molecular weight is 369 g/mol. The van der Waals surface area contributed by atoms with Gasteiger partial charge in [-0.1, -0.05) is 41.6 Å². The van der Waals surface area contributed by atoms with Gasteiger partial charge in [-0.2, -0.15) is 0 Å². The molecule has 0 saturated heterocycles. The Morgan fingerprint density at radius 3 is 3.00 bits per heavy atom. The van der Waals surface area contributed by atoms with Crippen LogP contribution in [-0.2, 0) is 16.1 Å². The summed E-state index contributed by atoms with van der Waals surface area (Å²) >= 11 is 7.52. The van der Waals surface area contributed by atoms with Crippen molar-refractivity contribution in [2.75, 3.05) is 19.5 Å². The van der Waals surface area contributed by atoms with E-state index in [1.54, 1.807) is 13.4 Å². The first-order valence-electron chi connectivity index (χ1n) is 7.65. The number of carbonyl (C=O) groups is 1. The number of aromatic nitrogens is 3. The molecule has 1 aromatic heterocycles. The molecule has 8 heteroatoms. The minimum atomic E-state index is -0.147. The summed E-state index contributed by atoms with van der Waals surface area (Å²) in [5.74, 6) is 0.205. The molecule has 130 valence electrons. The van der Waals surface area contributed by atoms with E-state index in [-0.39, 0.29) is 17.7 Å². The van der Waals surface area contributed by atoms with Gasteiger partial charge in [-0.25, -0.2) is 0 Å². The van der Waals surface area contributed by atoms with Crippen LogP contribution in [0.3, 0.4) is 0 Å². The van der Waals surface area contributed by atoms with Gasteiger partial charge in [0.25, 0.3) is 0 Å². The van der Waals surface area contributed by atoms with E-state index in [2.05, 4.69) is 15.5 Å². The van der Waals surface area contributed by atoms with Gasteiger partial charge in [0.05, 0.1) is 11.8 Å². The second-order valence-corrected chi connectivity index (χ2v) is 6.60. The number of hydrogen-bond acceptors (Lipinski definition) is 5. The molecule has 0 aliphatic rings. The lowest BCUT2D eigenvalue weighted by Crippen LogP contribution is -2.28. The average Bonchev–Trinajstić information content (AvgIpc) is 3.01. The van der Waals surface area contributed by atoms with E-state index in [0.29, 0.717) is 11.6 Å². The highest BCUT2D eigenvalue weighted by Gasteiger charge is 2.14. The second kappa shape index (κ2) is 9.66. The molecule has 1 atom stereocenters. The van der Waals surface area contributed by atoms with Crippen molar-refractivity contribution in [1.82, 2.24) is 20.1 Å². The lowest BCUT2D eigenvalue weighted by atomic mass is 10.1. The maximum atomic E-state index is 12.2. The quantitative estimate of drug-likeness (QED) is 0.544. The monoisotopic (exact) mass is 368 g/mol. The van der Waals surface area contributed by atoms with Gasteiger partial charge < -0.3 is 14.6 Å². The maximum Gasteiger partial charge on any atom is 0.230 e. The first-order valence-corrected chi connectivity index (χ1v) is 9.01. The maximum absolute atomic E-state index is 12.2. The number of aryl methyl sites for hydroxylation is 1. The fourth-order valence-electron chi connectivity index (χ4n) is 2.21. The van der Waals surface area contributed by atoms with Crippen LogP contribution in [0.2, 0.25) is 5.02 Å². The third-order valence-corrected chi connectivity index (χ3v) is 4.73. The third kappa shape index (κ3) is 5.51. The van der Waals surface area contributed by atoms with Crippen molar-refractivity contribution in [2.45, 2.75) is 31.1 Å². The van der Waals surface area contributed by atoms with Gasteiger partial charge in [-0.3, -0.25) is 4.79 Å². The number of ether oxygens (including phenoxy) is 1. The minimum absolute atomic E-state index is 0.0705. The highest BCUT2D eigenvalue weighted by atomic mass is 35.5. The number of benzene rings is 1. The Labute approximate surface area is 150 Å². The zero-order valence-corrected chi connectivity index (χ0v) is 15.3. The van der Waals surface area contributed by atoms with Crippen molar-refractivity contribution in [3.8, 4) is 0 Å². The van der Waals surface area contributed by atoms with Gasteiger partial charge >= 0.3 is 0 Å². The summed E-state index contributed by atoms with van der Waals surface area (Å²) in [5, 5.41) is 12.3. The molecular formula is C16H21ClN4O2S. The van der Waals surface area contributed by atoms with E-state index in [9.17, 15) is 4.79 Å². The highest BCUT2D eigenvalue weighted by Crippen LogP contribution is 2.22. The van der Waals surface area contributed by atoms with Crippen LogP contribution in [0.5, 0.6) is 0 Å². The third-order valence-electron chi connectivity index (χ3n) is 3.41. The van der Waals surface area contributed by atoms with Crippen LogP contribution in [0, 0.1) is 0 Å². The van der Waals surface area contributed by atoms with E-state index in [0.717, 1.165) is 23.7 Å². The number of nitrogens with zero attached hydrogens (tertiary/aromatic N) is 3. The Kier molecular flexibility index (Phi) is 7.55. The van der Waals surface area contributed by atoms with E-state index in [4.69, 9.17) is 16.3 Å². The summed E-state index contributed by atoms with van der Waals surface area (Å²) in [6.45, 7) is 3.36. The Hall–Kier alpha value is -1.57. The van der Waals surface area contributed by atoms with Crippen LogP contribution in [-0.4, -0.2) is 40.1 Å². The standard InChI is InChI=1S/C16H21ClN4O2S/c1-12(13-6-3-4-7-14(13)17)19-15(22)10-24-16-20-18-11-21(16)8-5-9-23-2/h3-4,6-7,11-12H,5,8-10H2,1-2H3,(H,19,22). The predicted octanol–water partition coefficient (Wildman–Crippen LogP) is 2.94. The van der Waals surface area contributed by atoms with Crippen LogP contribution in [0.15, 0.2) is 35.7 Å². The minimum Gasteiger partial charge on any atom is -0.385 e. The van der Waals surface area contributed by atoms with Crippen LogP contribution >= 0.6 is 23.4 Å². The Morgan fingerprint density at radius 2 is 2.25 bits per heavy atom. The van der Waals surface area contributed by atoms with Crippen molar-refractivity contribution in [3.63, 3.8) is 0 Å². The summed E-state index contributed by atoms with van der Waals surface area (Å²) in [6.07, 6.45) is 2.54. The van der Waals surface area contributed by atoms with Crippen molar-refractivity contribution in [2.24, 2.45) is 0 Å². The largest absolute Gasteiger partial charge is 0.385 e. The predicted molar refractivity (Wildman–Crippen MR) is 95.2 cm³/mol. The van der Waals surface area contributed by atoms with Gasteiger partial charge in [-0.05, 0) is 25.0 Å². The number of carbonyl (C=O) groups excluding carboxylic acids is 1. The Bertz CT molecular complexity index is 665. The molecule has 0 aliphatic heterocycles. The van der Waals surface area contributed by atoms with Crippen molar-refractivity contribution >= 4 is 29.3 Å². The number of halogens is 1. The summed E-state index contributed by atoms with van der Waals surface area (Å²) in [6, 6.07) is 7.35. The molecule has 2 aromatic rings.